The number of rotatable bonds is 0. The van der Waals surface area contributed by atoms with Crippen LogP contribution < -0.4 is 0 Å². The molecular weight excluding hydrogens is 156 g/mol. The highest BCUT2D eigenvalue weighted by atomic mass is 13.9. The molecule has 0 nitrogen and oxygen atoms in total. The van der Waals surface area contributed by atoms with Crippen LogP contribution in [0.15, 0.2) is 48.6 Å². The molecule has 0 saturated heterocycles. The molecule has 1 aliphatic rings. The first-order chi connectivity index (χ1) is 6.50. The van der Waals surface area contributed by atoms with Crippen LogP contribution >= 0.6 is 0 Å². The largest absolute Gasteiger partial charge is 0.0879 e. The third kappa shape index (κ3) is 6.15. The summed E-state index contributed by atoms with van der Waals surface area (Å²) in [6.45, 7) is 0. The van der Waals surface area contributed by atoms with E-state index >= 15 is 0 Å². The summed E-state index contributed by atoms with van der Waals surface area (Å²) in [5, 5.41) is 0. The summed E-state index contributed by atoms with van der Waals surface area (Å²) in [6, 6.07) is 0. The highest BCUT2D eigenvalue weighted by Crippen LogP contribution is 1.99. The number of hydrogen-bond donors (Lipinski definition) is 0. The van der Waals surface area contributed by atoms with Crippen LogP contribution in [0.5, 0.6) is 0 Å². The van der Waals surface area contributed by atoms with E-state index in [9.17, 15) is 0 Å². The van der Waals surface area contributed by atoms with Crippen LogP contribution in [0.2, 0.25) is 0 Å². The molecule has 0 fully saturated rings. The van der Waals surface area contributed by atoms with Gasteiger partial charge in [-0.15, -0.1) is 0 Å². The van der Waals surface area contributed by atoms with Crippen LogP contribution in [-0.4, -0.2) is 0 Å². The van der Waals surface area contributed by atoms with Crippen molar-refractivity contribution < 1.29 is 0 Å². The molecule has 70 valence electrons. The summed E-state index contributed by atoms with van der Waals surface area (Å²) in [5.74, 6) is 0. The van der Waals surface area contributed by atoms with Crippen molar-refractivity contribution in [3.8, 4) is 0 Å². The molecule has 0 aromatic heterocycles. The van der Waals surface area contributed by atoms with E-state index in [1.54, 1.807) is 0 Å². The van der Waals surface area contributed by atoms with Gasteiger partial charge in [0.15, 0.2) is 0 Å². The maximum absolute atomic E-state index is 2.26. The summed E-state index contributed by atoms with van der Waals surface area (Å²) >= 11 is 0. The smallest absolute Gasteiger partial charge is 0.0169 e. The fraction of sp³-hybridized carbons (Fsp3) is 0.385. The second kappa shape index (κ2) is 7.60. The maximum Gasteiger partial charge on any atom is -0.0169 e. The maximum atomic E-state index is 2.26. The lowest BCUT2D eigenvalue weighted by atomic mass is 10.2. The number of hydrogen-bond acceptors (Lipinski definition) is 0. The van der Waals surface area contributed by atoms with E-state index in [2.05, 4.69) is 48.6 Å². The summed E-state index contributed by atoms with van der Waals surface area (Å²) in [6.07, 6.45) is 23.5. The van der Waals surface area contributed by atoms with Gasteiger partial charge in [0.25, 0.3) is 0 Å². The van der Waals surface area contributed by atoms with Crippen molar-refractivity contribution in [1.82, 2.24) is 0 Å². The van der Waals surface area contributed by atoms with Gasteiger partial charge in [-0.05, 0) is 32.1 Å². The molecule has 0 bridgehead atoms. The molecule has 1 aliphatic carbocycles. The van der Waals surface area contributed by atoms with E-state index in [0.29, 0.717) is 0 Å². The molecule has 13 heavy (non-hydrogen) atoms. The van der Waals surface area contributed by atoms with Crippen LogP contribution in [0, 0.1) is 0 Å². The average molecular weight is 174 g/mol. The Bertz CT molecular complexity index is 192. The Balaban J connectivity index is 2.38. The molecule has 0 aliphatic heterocycles. The molecule has 1 rings (SSSR count). The summed E-state index contributed by atoms with van der Waals surface area (Å²) < 4.78 is 0. The van der Waals surface area contributed by atoms with Gasteiger partial charge in [0.05, 0.1) is 0 Å². The second-order valence-electron chi connectivity index (χ2n) is 3.19. The molecule has 0 heterocycles. The van der Waals surface area contributed by atoms with Gasteiger partial charge in [-0.2, -0.15) is 0 Å². The van der Waals surface area contributed by atoms with E-state index in [1.165, 1.54) is 0 Å². The quantitative estimate of drug-likeness (QED) is 0.483. The van der Waals surface area contributed by atoms with Crippen molar-refractivity contribution in [3.05, 3.63) is 48.6 Å². The normalized spacial score (nSPS) is 28.9. The highest BCUT2D eigenvalue weighted by molar-refractivity contribution is 5.04. The molecule has 0 aromatic carbocycles. The van der Waals surface area contributed by atoms with Crippen LogP contribution in [-0.2, 0) is 0 Å². The first-order valence-electron chi connectivity index (χ1n) is 5.12. The Morgan fingerprint density at radius 1 is 0.462 bits per heavy atom. The van der Waals surface area contributed by atoms with Gasteiger partial charge in [-0.1, -0.05) is 48.6 Å². The zero-order chi connectivity index (χ0) is 9.19. The Morgan fingerprint density at radius 2 is 0.923 bits per heavy atom. The van der Waals surface area contributed by atoms with Gasteiger partial charge in [-0.25, -0.2) is 0 Å². The molecular formula is C13H18. The lowest BCUT2D eigenvalue weighted by Crippen LogP contribution is -1.64. The van der Waals surface area contributed by atoms with Crippen LogP contribution in [0.3, 0.4) is 0 Å². The minimum Gasteiger partial charge on any atom is -0.0879 e. The standard InChI is InChI=1S/C13H18/c1-2-4-6-8-10-12-13-11-9-7-5-3-1/h1-4,9-12H,5-8,13H2/b3-1-,4-2+,11-9+,12-10+. The van der Waals surface area contributed by atoms with Crippen LogP contribution in [0.25, 0.3) is 0 Å². The lowest BCUT2D eigenvalue weighted by Gasteiger charge is -1.85. The minimum absolute atomic E-state index is 1.09. The number of allylic oxidation sites excluding steroid dienone is 8. The predicted molar refractivity (Wildman–Crippen MR) is 59.6 cm³/mol. The summed E-state index contributed by atoms with van der Waals surface area (Å²) in [4.78, 5) is 0. The summed E-state index contributed by atoms with van der Waals surface area (Å²) in [5.41, 5.74) is 0. The molecule has 0 unspecified atom stereocenters. The summed E-state index contributed by atoms with van der Waals surface area (Å²) in [7, 11) is 0. The van der Waals surface area contributed by atoms with Gasteiger partial charge >= 0.3 is 0 Å². The van der Waals surface area contributed by atoms with Crippen molar-refractivity contribution in [3.63, 3.8) is 0 Å². The highest BCUT2D eigenvalue weighted by Gasteiger charge is 1.79. The molecule has 0 amide bonds. The SMILES string of the molecule is C1=C\CC/C=C/C/C=C/CC/C=C/1. The first kappa shape index (κ1) is 10.0. The van der Waals surface area contributed by atoms with Crippen molar-refractivity contribution in [2.24, 2.45) is 0 Å². The van der Waals surface area contributed by atoms with E-state index in [4.69, 9.17) is 0 Å². The van der Waals surface area contributed by atoms with Gasteiger partial charge in [0.2, 0.25) is 0 Å². The van der Waals surface area contributed by atoms with Gasteiger partial charge < -0.3 is 0 Å². The molecule has 0 aromatic rings. The Labute approximate surface area is 81.4 Å². The Kier molecular flexibility index (Phi) is 5.87. The monoisotopic (exact) mass is 174 g/mol. The zero-order valence-corrected chi connectivity index (χ0v) is 8.15. The fourth-order valence-electron chi connectivity index (χ4n) is 1.24. The molecule has 0 heteroatoms. The third-order valence-corrected chi connectivity index (χ3v) is 1.99. The van der Waals surface area contributed by atoms with E-state index in [0.717, 1.165) is 32.1 Å². The van der Waals surface area contributed by atoms with Crippen molar-refractivity contribution in [2.75, 3.05) is 0 Å². The zero-order valence-electron chi connectivity index (χ0n) is 8.15. The third-order valence-electron chi connectivity index (χ3n) is 1.99. The molecule has 0 N–H and O–H groups in total. The minimum atomic E-state index is 1.09. The van der Waals surface area contributed by atoms with Gasteiger partial charge in [-0.3, -0.25) is 0 Å². The van der Waals surface area contributed by atoms with Gasteiger partial charge in [0, 0.05) is 0 Å². The average Bonchev–Trinajstić information content (AvgIpc) is 2.18. The lowest BCUT2D eigenvalue weighted by molar-refractivity contribution is 1.04. The van der Waals surface area contributed by atoms with E-state index in [1.807, 2.05) is 0 Å². The first-order valence-corrected chi connectivity index (χ1v) is 5.12. The van der Waals surface area contributed by atoms with Crippen molar-refractivity contribution in [2.45, 2.75) is 32.1 Å². The Morgan fingerprint density at radius 3 is 1.46 bits per heavy atom. The van der Waals surface area contributed by atoms with Gasteiger partial charge in [0.1, 0.15) is 0 Å². The molecule has 0 saturated carbocycles. The fourth-order valence-corrected chi connectivity index (χ4v) is 1.24. The van der Waals surface area contributed by atoms with Crippen molar-refractivity contribution in [1.29, 1.82) is 0 Å². The topological polar surface area (TPSA) is 0 Å². The molecule has 0 atom stereocenters. The predicted octanol–water partition coefficient (Wildman–Crippen LogP) is 4.18. The van der Waals surface area contributed by atoms with Crippen molar-refractivity contribution >= 4 is 0 Å². The van der Waals surface area contributed by atoms with Crippen LogP contribution in [0.1, 0.15) is 32.1 Å². The Hall–Kier alpha value is -1.04. The van der Waals surface area contributed by atoms with E-state index in [-0.39, 0.29) is 0 Å². The van der Waals surface area contributed by atoms with E-state index < -0.39 is 0 Å². The molecule has 0 spiro atoms. The second-order valence-corrected chi connectivity index (χ2v) is 3.19. The molecule has 0 radical (unpaired) electrons. The van der Waals surface area contributed by atoms with Crippen LogP contribution in [0.4, 0.5) is 0 Å².